The second-order valence-electron chi connectivity index (χ2n) is 3.50. The summed E-state index contributed by atoms with van der Waals surface area (Å²) in [7, 11) is 0. The minimum Gasteiger partial charge on any atom is -0.477 e. The van der Waals surface area contributed by atoms with Gasteiger partial charge in [0.1, 0.15) is 5.56 Å². The van der Waals surface area contributed by atoms with Gasteiger partial charge in [-0.1, -0.05) is 18.2 Å². The molecule has 0 aliphatic carbocycles. The van der Waals surface area contributed by atoms with Crippen LogP contribution in [-0.4, -0.2) is 22.6 Å². The highest BCUT2D eigenvalue weighted by Crippen LogP contribution is 2.23. The fourth-order valence-corrected chi connectivity index (χ4v) is 1.45. The molecule has 0 amide bonds. The molecule has 18 heavy (non-hydrogen) atoms. The monoisotopic (exact) mass is 251 g/mol. The molecule has 6 heteroatoms. The van der Waals surface area contributed by atoms with Crippen molar-refractivity contribution >= 4 is 11.7 Å². The predicted octanol–water partition coefficient (Wildman–Crippen LogP) is 2.39. The molecule has 0 bridgehead atoms. The van der Waals surface area contributed by atoms with Crippen LogP contribution in [0.2, 0.25) is 0 Å². The number of carboxylic acid groups (broad SMARTS) is 1. The van der Waals surface area contributed by atoms with Crippen LogP contribution in [0.5, 0.6) is 0 Å². The van der Waals surface area contributed by atoms with E-state index in [-0.39, 0.29) is 12.2 Å². The molecule has 0 fully saturated rings. The van der Waals surface area contributed by atoms with Crippen molar-refractivity contribution in [1.82, 2.24) is 0 Å². The normalized spacial score (nSPS) is 10.0. The lowest BCUT2D eigenvalue weighted by Crippen LogP contribution is -2.08. The number of aromatic carboxylic acids is 1. The molecule has 0 saturated heterocycles. The van der Waals surface area contributed by atoms with E-state index in [0.29, 0.717) is 18.6 Å². The summed E-state index contributed by atoms with van der Waals surface area (Å²) in [5.74, 6) is -1.33. The Hall–Kier alpha value is -2.21. The molecular weight excluding hydrogens is 238 g/mol. The van der Waals surface area contributed by atoms with E-state index >= 15 is 0 Å². The summed E-state index contributed by atoms with van der Waals surface area (Å²) in [4.78, 5) is 21.1. The number of nitro benzene ring substituents is 1. The van der Waals surface area contributed by atoms with Crippen LogP contribution < -0.4 is 0 Å². The summed E-state index contributed by atoms with van der Waals surface area (Å²) >= 11 is 0. The molecule has 0 heterocycles. The molecule has 0 aliphatic heterocycles. The maximum atomic E-state index is 11.1. The average molecular weight is 251 g/mol. The number of nitro groups is 1. The minimum absolute atomic E-state index is 0.0250. The number of hydrogen-bond donors (Lipinski definition) is 1. The largest absolute Gasteiger partial charge is 0.477 e. The average Bonchev–Trinajstić information content (AvgIpc) is 2.33. The second kappa shape index (κ2) is 6.51. The van der Waals surface area contributed by atoms with Crippen LogP contribution in [0.3, 0.4) is 0 Å². The van der Waals surface area contributed by atoms with Crippen LogP contribution in [0.1, 0.15) is 22.3 Å². The summed E-state index contributed by atoms with van der Waals surface area (Å²) in [5.41, 5.74) is -0.450. The van der Waals surface area contributed by atoms with E-state index in [2.05, 4.69) is 6.58 Å². The van der Waals surface area contributed by atoms with Gasteiger partial charge in [-0.3, -0.25) is 10.1 Å². The van der Waals surface area contributed by atoms with Gasteiger partial charge in [-0.2, -0.15) is 0 Å². The third-order valence-corrected chi connectivity index (χ3v) is 2.26. The van der Waals surface area contributed by atoms with Crippen molar-refractivity contribution in [2.75, 3.05) is 6.61 Å². The first kappa shape index (κ1) is 13.9. The SMILES string of the molecule is C=CCCOCc1cccc([N+](=O)[O-])c1C(=O)O. The number of carboxylic acids is 1. The highest BCUT2D eigenvalue weighted by Gasteiger charge is 2.23. The number of ether oxygens (including phenoxy) is 1. The number of benzene rings is 1. The molecule has 1 N–H and O–H groups in total. The lowest BCUT2D eigenvalue weighted by atomic mass is 10.1. The predicted molar refractivity (Wildman–Crippen MR) is 64.5 cm³/mol. The molecule has 0 unspecified atom stereocenters. The van der Waals surface area contributed by atoms with Crippen LogP contribution in [-0.2, 0) is 11.3 Å². The fraction of sp³-hybridized carbons (Fsp3) is 0.250. The zero-order valence-electron chi connectivity index (χ0n) is 9.67. The summed E-state index contributed by atoms with van der Waals surface area (Å²) in [6.45, 7) is 3.94. The Balaban J connectivity index is 2.96. The van der Waals surface area contributed by atoms with Crippen molar-refractivity contribution in [1.29, 1.82) is 0 Å². The van der Waals surface area contributed by atoms with Gasteiger partial charge in [0.25, 0.3) is 5.69 Å². The molecule has 96 valence electrons. The van der Waals surface area contributed by atoms with Gasteiger partial charge in [0, 0.05) is 6.07 Å². The van der Waals surface area contributed by atoms with Crippen LogP contribution in [0.4, 0.5) is 5.69 Å². The van der Waals surface area contributed by atoms with Gasteiger partial charge in [-0.15, -0.1) is 6.58 Å². The summed E-state index contributed by atoms with van der Waals surface area (Å²) in [6, 6.07) is 4.11. The first-order chi connectivity index (χ1) is 8.57. The third kappa shape index (κ3) is 3.39. The summed E-state index contributed by atoms with van der Waals surface area (Å²) in [6.07, 6.45) is 2.31. The van der Waals surface area contributed by atoms with Gasteiger partial charge >= 0.3 is 5.97 Å². The minimum atomic E-state index is -1.33. The molecular formula is C12H13NO5. The topological polar surface area (TPSA) is 89.7 Å². The molecule has 1 aromatic carbocycles. The smallest absolute Gasteiger partial charge is 0.343 e. The van der Waals surface area contributed by atoms with E-state index < -0.39 is 16.6 Å². The Bertz CT molecular complexity index is 470. The number of nitrogens with zero attached hydrogens (tertiary/aromatic N) is 1. The van der Waals surface area contributed by atoms with E-state index in [1.807, 2.05) is 0 Å². The summed E-state index contributed by atoms with van der Waals surface area (Å²) < 4.78 is 5.23. The zero-order chi connectivity index (χ0) is 13.5. The number of rotatable bonds is 7. The van der Waals surface area contributed by atoms with Gasteiger partial charge in [0.2, 0.25) is 0 Å². The van der Waals surface area contributed by atoms with Crippen LogP contribution >= 0.6 is 0 Å². The molecule has 6 nitrogen and oxygen atoms in total. The van der Waals surface area contributed by atoms with Crippen molar-refractivity contribution in [3.05, 3.63) is 52.1 Å². The molecule has 0 aliphatic rings. The van der Waals surface area contributed by atoms with Crippen LogP contribution in [0, 0.1) is 10.1 Å². The Labute approximate surface area is 104 Å². The standard InChI is InChI=1S/C12H13NO5/c1-2-3-7-18-8-9-5-4-6-10(13(16)17)11(9)12(14)15/h2,4-6H,1,3,7-8H2,(H,14,15). The van der Waals surface area contributed by atoms with E-state index in [9.17, 15) is 14.9 Å². The molecule has 0 saturated carbocycles. The lowest BCUT2D eigenvalue weighted by Gasteiger charge is -2.07. The van der Waals surface area contributed by atoms with Crippen molar-refractivity contribution in [3.8, 4) is 0 Å². The zero-order valence-corrected chi connectivity index (χ0v) is 9.67. The van der Waals surface area contributed by atoms with E-state index in [4.69, 9.17) is 9.84 Å². The maximum absolute atomic E-state index is 11.1. The molecule has 0 spiro atoms. The van der Waals surface area contributed by atoms with Crippen LogP contribution in [0.15, 0.2) is 30.9 Å². The maximum Gasteiger partial charge on any atom is 0.343 e. The Morgan fingerprint density at radius 3 is 2.83 bits per heavy atom. The van der Waals surface area contributed by atoms with Gasteiger partial charge in [0.05, 0.1) is 18.1 Å². The first-order valence-corrected chi connectivity index (χ1v) is 5.26. The quantitative estimate of drug-likeness (QED) is 0.348. The summed E-state index contributed by atoms with van der Waals surface area (Å²) in [5, 5.41) is 19.8. The van der Waals surface area contributed by atoms with E-state index in [0.717, 1.165) is 6.07 Å². The van der Waals surface area contributed by atoms with Gasteiger partial charge in [0.15, 0.2) is 0 Å². The first-order valence-electron chi connectivity index (χ1n) is 5.26. The number of carbonyl (C=O) groups is 1. The molecule has 0 radical (unpaired) electrons. The van der Waals surface area contributed by atoms with Crippen molar-refractivity contribution in [2.45, 2.75) is 13.0 Å². The fourth-order valence-electron chi connectivity index (χ4n) is 1.45. The molecule has 1 rings (SSSR count). The second-order valence-corrected chi connectivity index (χ2v) is 3.50. The van der Waals surface area contributed by atoms with Gasteiger partial charge < -0.3 is 9.84 Å². The highest BCUT2D eigenvalue weighted by molar-refractivity contribution is 5.94. The highest BCUT2D eigenvalue weighted by atomic mass is 16.6. The van der Waals surface area contributed by atoms with Crippen molar-refractivity contribution in [3.63, 3.8) is 0 Å². The Kier molecular flexibility index (Phi) is 5.01. The number of hydrogen-bond acceptors (Lipinski definition) is 4. The molecule has 1 aromatic rings. The Morgan fingerprint density at radius 1 is 1.56 bits per heavy atom. The van der Waals surface area contributed by atoms with Crippen molar-refractivity contribution in [2.24, 2.45) is 0 Å². The molecule has 0 aromatic heterocycles. The molecule has 0 atom stereocenters. The van der Waals surface area contributed by atoms with Crippen molar-refractivity contribution < 1.29 is 19.6 Å². The lowest BCUT2D eigenvalue weighted by molar-refractivity contribution is -0.385. The Morgan fingerprint density at radius 2 is 2.28 bits per heavy atom. The van der Waals surface area contributed by atoms with E-state index in [1.54, 1.807) is 6.08 Å². The van der Waals surface area contributed by atoms with Gasteiger partial charge in [-0.05, 0) is 12.0 Å². The third-order valence-electron chi connectivity index (χ3n) is 2.26. The van der Waals surface area contributed by atoms with E-state index in [1.165, 1.54) is 12.1 Å². The van der Waals surface area contributed by atoms with Crippen LogP contribution in [0.25, 0.3) is 0 Å². The van der Waals surface area contributed by atoms with Gasteiger partial charge in [-0.25, -0.2) is 4.79 Å².